The number of hydrogen-bond donors (Lipinski definition) is 1. The minimum atomic E-state index is -0.164. The predicted octanol–water partition coefficient (Wildman–Crippen LogP) is 3.22. The number of fused-ring (bicyclic) bond motifs is 1. The van der Waals surface area contributed by atoms with Crippen molar-refractivity contribution in [1.82, 2.24) is 10.3 Å². The van der Waals surface area contributed by atoms with Crippen molar-refractivity contribution in [1.29, 1.82) is 0 Å². The Kier molecular flexibility index (Phi) is 4.78. The molecule has 0 radical (unpaired) electrons. The Morgan fingerprint density at radius 2 is 2.04 bits per heavy atom. The lowest BCUT2D eigenvalue weighted by Gasteiger charge is -2.07. The SMILES string of the molecule is O=C(COc1ccc(Cl)cc1)NCCc1ccc2ocnc2c1. The molecule has 0 saturated carbocycles. The van der Waals surface area contributed by atoms with Crippen LogP contribution in [-0.4, -0.2) is 24.0 Å². The summed E-state index contributed by atoms with van der Waals surface area (Å²) in [5.74, 6) is 0.448. The number of carbonyl (C=O) groups excluding carboxylic acids is 1. The third kappa shape index (κ3) is 4.23. The number of nitrogens with one attached hydrogen (secondary N) is 1. The fourth-order valence-electron chi connectivity index (χ4n) is 2.14. The molecule has 0 saturated heterocycles. The van der Waals surface area contributed by atoms with Crippen LogP contribution in [0.1, 0.15) is 5.56 Å². The van der Waals surface area contributed by atoms with Gasteiger partial charge < -0.3 is 14.5 Å². The first-order valence-corrected chi connectivity index (χ1v) is 7.56. The zero-order chi connectivity index (χ0) is 16.1. The summed E-state index contributed by atoms with van der Waals surface area (Å²) in [6.07, 6.45) is 2.14. The summed E-state index contributed by atoms with van der Waals surface area (Å²) in [5.41, 5.74) is 2.67. The molecule has 0 fully saturated rings. The standard InChI is InChI=1S/C17H15ClN2O3/c18-13-2-4-14(5-3-13)22-10-17(21)19-8-7-12-1-6-16-15(9-12)20-11-23-16/h1-6,9,11H,7-8,10H2,(H,19,21). The molecule has 5 nitrogen and oxygen atoms in total. The Hall–Kier alpha value is -2.53. The number of carbonyl (C=O) groups is 1. The molecule has 0 aliphatic carbocycles. The zero-order valence-electron chi connectivity index (χ0n) is 12.3. The summed E-state index contributed by atoms with van der Waals surface area (Å²) in [6.45, 7) is 0.510. The first-order chi connectivity index (χ1) is 11.2. The second kappa shape index (κ2) is 7.15. The number of rotatable bonds is 6. The van der Waals surface area contributed by atoms with E-state index in [1.165, 1.54) is 6.39 Å². The summed E-state index contributed by atoms with van der Waals surface area (Å²) < 4.78 is 10.6. The third-order valence-electron chi connectivity index (χ3n) is 3.31. The van der Waals surface area contributed by atoms with Crippen LogP contribution in [0.2, 0.25) is 5.02 Å². The minimum absolute atomic E-state index is 0.0239. The van der Waals surface area contributed by atoms with Crippen molar-refractivity contribution in [3.05, 3.63) is 59.4 Å². The van der Waals surface area contributed by atoms with Crippen molar-refractivity contribution in [2.75, 3.05) is 13.2 Å². The molecule has 0 bridgehead atoms. The van der Waals surface area contributed by atoms with Crippen molar-refractivity contribution in [3.8, 4) is 5.75 Å². The van der Waals surface area contributed by atoms with Gasteiger partial charge in [-0.3, -0.25) is 4.79 Å². The number of benzene rings is 2. The Bertz CT molecular complexity index is 799. The van der Waals surface area contributed by atoms with E-state index in [4.69, 9.17) is 20.8 Å². The van der Waals surface area contributed by atoms with E-state index in [1.54, 1.807) is 24.3 Å². The van der Waals surface area contributed by atoms with Crippen molar-refractivity contribution in [3.63, 3.8) is 0 Å². The van der Waals surface area contributed by atoms with Crippen LogP contribution in [0.25, 0.3) is 11.1 Å². The maximum atomic E-state index is 11.8. The molecule has 1 heterocycles. The molecule has 1 amide bonds. The lowest BCUT2D eigenvalue weighted by atomic mass is 10.1. The molecule has 2 aromatic carbocycles. The topological polar surface area (TPSA) is 64.4 Å². The smallest absolute Gasteiger partial charge is 0.257 e. The molecule has 0 aliphatic heterocycles. The van der Waals surface area contributed by atoms with Crippen LogP contribution >= 0.6 is 11.6 Å². The van der Waals surface area contributed by atoms with Crippen molar-refractivity contribution in [2.24, 2.45) is 0 Å². The van der Waals surface area contributed by atoms with Gasteiger partial charge >= 0.3 is 0 Å². The first-order valence-electron chi connectivity index (χ1n) is 7.18. The highest BCUT2D eigenvalue weighted by Crippen LogP contribution is 2.15. The van der Waals surface area contributed by atoms with Crippen LogP contribution in [0.15, 0.2) is 53.3 Å². The van der Waals surface area contributed by atoms with Crippen LogP contribution in [0.4, 0.5) is 0 Å². The summed E-state index contributed by atoms with van der Waals surface area (Å²) in [6, 6.07) is 12.7. The molecule has 118 valence electrons. The molecule has 0 unspecified atom stereocenters. The molecule has 1 N–H and O–H groups in total. The maximum absolute atomic E-state index is 11.8. The molecule has 1 aromatic heterocycles. The van der Waals surface area contributed by atoms with Gasteiger partial charge in [-0.2, -0.15) is 0 Å². The number of halogens is 1. The average Bonchev–Trinajstić information content (AvgIpc) is 3.02. The van der Waals surface area contributed by atoms with Gasteiger partial charge in [0.2, 0.25) is 0 Å². The minimum Gasteiger partial charge on any atom is -0.484 e. The van der Waals surface area contributed by atoms with Gasteiger partial charge in [0.25, 0.3) is 5.91 Å². The molecule has 0 atom stereocenters. The first kappa shape index (κ1) is 15.4. The van der Waals surface area contributed by atoms with Crippen LogP contribution in [0.5, 0.6) is 5.75 Å². The Balaban J connectivity index is 1.42. The number of hydrogen-bond acceptors (Lipinski definition) is 4. The van der Waals surface area contributed by atoms with Crippen LogP contribution in [-0.2, 0) is 11.2 Å². The number of ether oxygens (including phenoxy) is 1. The molecule has 6 heteroatoms. The predicted molar refractivity (Wildman–Crippen MR) is 87.7 cm³/mol. The van der Waals surface area contributed by atoms with E-state index in [1.807, 2.05) is 18.2 Å². The largest absolute Gasteiger partial charge is 0.484 e. The van der Waals surface area contributed by atoms with Gasteiger partial charge in [-0.15, -0.1) is 0 Å². The fourth-order valence-corrected chi connectivity index (χ4v) is 2.26. The number of aromatic nitrogens is 1. The van der Waals surface area contributed by atoms with E-state index >= 15 is 0 Å². The van der Waals surface area contributed by atoms with E-state index in [0.29, 0.717) is 17.3 Å². The van der Waals surface area contributed by atoms with Crippen LogP contribution in [0, 0.1) is 0 Å². The number of nitrogens with zero attached hydrogens (tertiary/aromatic N) is 1. The lowest BCUT2D eigenvalue weighted by Crippen LogP contribution is -2.30. The lowest BCUT2D eigenvalue weighted by molar-refractivity contribution is -0.123. The number of amides is 1. The summed E-state index contributed by atoms with van der Waals surface area (Å²) in [4.78, 5) is 15.9. The monoisotopic (exact) mass is 330 g/mol. The second-order valence-corrected chi connectivity index (χ2v) is 5.43. The Labute approximate surface area is 138 Å². The van der Waals surface area contributed by atoms with Crippen molar-refractivity contribution < 1.29 is 13.9 Å². The molecule has 0 aliphatic rings. The van der Waals surface area contributed by atoms with Gasteiger partial charge in [0.15, 0.2) is 18.6 Å². The molecular weight excluding hydrogens is 316 g/mol. The third-order valence-corrected chi connectivity index (χ3v) is 3.57. The maximum Gasteiger partial charge on any atom is 0.257 e. The fraction of sp³-hybridized carbons (Fsp3) is 0.176. The van der Waals surface area contributed by atoms with Gasteiger partial charge in [-0.25, -0.2) is 4.98 Å². The summed E-state index contributed by atoms with van der Waals surface area (Å²) in [5, 5.41) is 3.45. The normalized spacial score (nSPS) is 10.7. The second-order valence-electron chi connectivity index (χ2n) is 5.00. The average molecular weight is 331 g/mol. The van der Waals surface area contributed by atoms with E-state index in [9.17, 15) is 4.79 Å². The Morgan fingerprint density at radius 3 is 2.87 bits per heavy atom. The number of oxazole rings is 1. The Morgan fingerprint density at radius 1 is 1.22 bits per heavy atom. The molecule has 0 spiro atoms. The molecule has 3 aromatic rings. The zero-order valence-corrected chi connectivity index (χ0v) is 13.0. The van der Waals surface area contributed by atoms with Gasteiger partial charge in [0.05, 0.1) is 0 Å². The van der Waals surface area contributed by atoms with Gasteiger partial charge in [-0.05, 0) is 48.4 Å². The van der Waals surface area contributed by atoms with Crippen molar-refractivity contribution >= 4 is 28.6 Å². The van der Waals surface area contributed by atoms with E-state index in [2.05, 4.69) is 10.3 Å². The van der Waals surface area contributed by atoms with Gasteiger partial charge in [0.1, 0.15) is 11.3 Å². The highest BCUT2D eigenvalue weighted by Gasteiger charge is 2.04. The molecular formula is C17H15ClN2O3. The van der Waals surface area contributed by atoms with E-state index < -0.39 is 0 Å². The molecule has 23 heavy (non-hydrogen) atoms. The summed E-state index contributed by atoms with van der Waals surface area (Å²) >= 11 is 5.79. The highest BCUT2D eigenvalue weighted by molar-refractivity contribution is 6.30. The van der Waals surface area contributed by atoms with Crippen molar-refractivity contribution in [2.45, 2.75) is 6.42 Å². The summed E-state index contributed by atoms with van der Waals surface area (Å²) in [7, 11) is 0. The van der Waals surface area contributed by atoms with Gasteiger partial charge in [0, 0.05) is 11.6 Å². The molecule has 3 rings (SSSR count). The highest BCUT2D eigenvalue weighted by atomic mass is 35.5. The van der Waals surface area contributed by atoms with Crippen LogP contribution < -0.4 is 10.1 Å². The van der Waals surface area contributed by atoms with Crippen LogP contribution in [0.3, 0.4) is 0 Å². The quantitative estimate of drug-likeness (QED) is 0.753. The van der Waals surface area contributed by atoms with E-state index in [-0.39, 0.29) is 12.5 Å². The van der Waals surface area contributed by atoms with Gasteiger partial charge in [-0.1, -0.05) is 17.7 Å². The van der Waals surface area contributed by atoms with E-state index in [0.717, 1.165) is 23.1 Å².